The molecule has 0 saturated heterocycles. The summed E-state index contributed by atoms with van der Waals surface area (Å²) < 4.78 is 21.5. The second kappa shape index (κ2) is 9.67. The molecule has 4 aromatic rings. The molecule has 6 heteroatoms. The Morgan fingerprint density at radius 1 is 1.06 bits per heavy atom. The number of carbonyl (C=O) groups excluding carboxylic acids is 1. The van der Waals surface area contributed by atoms with Crippen LogP contribution in [0, 0.1) is 11.2 Å². The maximum absolute atomic E-state index is 13.3. The van der Waals surface area contributed by atoms with E-state index in [4.69, 9.17) is 4.74 Å². The predicted octanol–water partition coefficient (Wildman–Crippen LogP) is 5.71. The number of carbonyl (C=O) groups is 1. The molecule has 0 saturated carbocycles. The molecule has 0 bridgehead atoms. The molecule has 4 rings (SSSR count). The molecule has 0 spiro atoms. The van der Waals surface area contributed by atoms with Crippen molar-refractivity contribution >= 4 is 16.8 Å². The van der Waals surface area contributed by atoms with E-state index in [1.807, 2.05) is 64.1 Å². The van der Waals surface area contributed by atoms with Gasteiger partial charge in [-0.3, -0.25) is 4.79 Å². The van der Waals surface area contributed by atoms with Crippen molar-refractivity contribution in [2.75, 3.05) is 0 Å². The Bertz CT molecular complexity index is 1260. The van der Waals surface area contributed by atoms with Crippen molar-refractivity contribution in [1.82, 2.24) is 15.1 Å². The number of halogens is 1. The Hall–Kier alpha value is -3.67. The Balaban J connectivity index is 1.59. The Kier molecular flexibility index (Phi) is 6.68. The quantitative estimate of drug-likeness (QED) is 0.385. The lowest BCUT2D eigenvalue weighted by molar-refractivity contribution is -0.129. The summed E-state index contributed by atoms with van der Waals surface area (Å²) in [6.07, 6.45) is 2.15. The van der Waals surface area contributed by atoms with Crippen LogP contribution in [0.1, 0.15) is 33.3 Å². The van der Waals surface area contributed by atoms with Crippen LogP contribution in [0.3, 0.4) is 0 Å². The van der Waals surface area contributed by atoms with Gasteiger partial charge in [0.15, 0.2) is 0 Å². The minimum Gasteiger partial charge on any atom is -0.488 e. The Morgan fingerprint density at radius 2 is 1.76 bits per heavy atom. The lowest BCUT2D eigenvalue weighted by atomic mass is 9.94. The molecule has 2 atom stereocenters. The first-order chi connectivity index (χ1) is 16.2. The van der Waals surface area contributed by atoms with E-state index in [-0.39, 0.29) is 23.9 Å². The van der Waals surface area contributed by atoms with Crippen LogP contribution in [-0.4, -0.2) is 27.8 Å². The highest BCUT2D eigenvalue weighted by atomic mass is 19.1. The maximum atomic E-state index is 13.3. The molecular formula is C28H30FN3O2. The topological polar surface area (TPSA) is 56.1 Å². The van der Waals surface area contributed by atoms with E-state index >= 15 is 0 Å². The van der Waals surface area contributed by atoms with Gasteiger partial charge < -0.3 is 10.1 Å². The van der Waals surface area contributed by atoms with Gasteiger partial charge in [0, 0.05) is 17.2 Å². The van der Waals surface area contributed by atoms with Gasteiger partial charge >= 0.3 is 0 Å². The van der Waals surface area contributed by atoms with Gasteiger partial charge in [-0.2, -0.15) is 5.10 Å². The highest BCUT2D eigenvalue weighted by molar-refractivity contribution is 5.82. The van der Waals surface area contributed by atoms with Gasteiger partial charge in [-0.25, -0.2) is 9.07 Å². The molecule has 0 aliphatic carbocycles. The minimum atomic E-state index is -0.487. The van der Waals surface area contributed by atoms with E-state index in [1.165, 1.54) is 12.1 Å². The number of ether oxygens (including phenoxy) is 1. The molecule has 1 N–H and O–H groups in total. The third kappa shape index (κ3) is 5.45. The standard InChI is InChI=1S/C28H30FN3O2/c1-19(31-27(33)28(2,3)4)26(16-20-8-6-5-7-9-20)34-24-14-15-25-21(17-24)18-30-32(25)23-12-10-22(29)11-13-23/h5-15,17-19,26H,16H2,1-4H3,(H,31,33)/t19-,26-/m0/s1. The number of hydrogen-bond acceptors (Lipinski definition) is 3. The van der Waals surface area contributed by atoms with Crippen LogP contribution in [0.5, 0.6) is 5.75 Å². The van der Waals surface area contributed by atoms with E-state index in [2.05, 4.69) is 22.5 Å². The van der Waals surface area contributed by atoms with Crippen LogP contribution in [0.25, 0.3) is 16.6 Å². The van der Waals surface area contributed by atoms with Gasteiger partial charge in [0.05, 0.1) is 23.4 Å². The molecule has 0 radical (unpaired) electrons. The number of amides is 1. The number of fused-ring (bicyclic) bond motifs is 1. The van der Waals surface area contributed by atoms with Gasteiger partial charge in [-0.15, -0.1) is 0 Å². The van der Waals surface area contributed by atoms with Gasteiger partial charge in [0.25, 0.3) is 0 Å². The van der Waals surface area contributed by atoms with Crippen LogP contribution < -0.4 is 10.1 Å². The summed E-state index contributed by atoms with van der Waals surface area (Å²) in [5.41, 5.74) is 2.33. The van der Waals surface area contributed by atoms with Gasteiger partial charge in [-0.05, 0) is 55.0 Å². The van der Waals surface area contributed by atoms with Crippen LogP contribution in [0.2, 0.25) is 0 Å². The highest BCUT2D eigenvalue weighted by Gasteiger charge is 2.27. The summed E-state index contributed by atoms with van der Waals surface area (Å²) >= 11 is 0. The van der Waals surface area contributed by atoms with Crippen molar-refractivity contribution in [2.24, 2.45) is 5.41 Å². The molecule has 1 aromatic heterocycles. The Morgan fingerprint density at radius 3 is 2.44 bits per heavy atom. The number of nitrogens with zero attached hydrogens (tertiary/aromatic N) is 2. The van der Waals surface area contributed by atoms with Crippen LogP contribution in [0.4, 0.5) is 4.39 Å². The van der Waals surface area contributed by atoms with Crippen LogP contribution in [0.15, 0.2) is 79.0 Å². The first-order valence-corrected chi connectivity index (χ1v) is 11.5. The number of nitrogens with one attached hydrogen (secondary N) is 1. The summed E-state index contributed by atoms with van der Waals surface area (Å²) in [7, 11) is 0. The first kappa shape index (κ1) is 23.5. The predicted molar refractivity (Wildman–Crippen MR) is 133 cm³/mol. The zero-order valence-electron chi connectivity index (χ0n) is 20.0. The van der Waals surface area contributed by atoms with E-state index in [0.29, 0.717) is 12.2 Å². The molecule has 176 valence electrons. The average molecular weight is 460 g/mol. The van der Waals surface area contributed by atoms with Crippen molar-refractivity contribution in [3.05, 3.63) is 90.4 Å². The average Bonchev–Trinajstić information content (AvgIpc) is 3.22. The largest absolute Gasteiger partial charge is 0.488 e. The molecule has 0 fully saturated rings. The molecule has 0 unspecified atom stereocenters. The number of benzene rings is 3. The smallest absolute Gasteiger partial charge is 0.225 e. The lowest BCUT2D eigenvalue weighted by Gasteiger charge is -2.29. The summed E-state index contributed by atoms with van der Waals surface area (Å²) in [6.45, 7) is 7.67. The SMILES string of the molecule is C[C@H](NC(=O)C(C)(C)C)[C@H](Cc1ccccc1)Oc1ccc2c(cnn2-c2ccc(F)cc2)c1. The minimum absolute atomic E-state index is 0.0160. The summed E-state index contributed by atoms with van der Waals surface area (Å²) in [5.74, 6) is 0.398. The fourth-order valence-corrected chi connectivity index (χ4v) is 3.73. The summed E-state index contributed by atoms with van der Waals surface area (Å²) in [5, 5.41) is 8.49. The molecule has 1 amide bonds. The van der Waals surface area contributed by atoms with E-state index in [1.54, 1.807) is 23.0 Å². The molecule has 34 heavy (non-hydrogen) atoms. The second-order valence-electron chi connectivity index (χ2n) is 9.61. The second-order valence-corrected chi connectivity index (χ2v) is 9.61. The van der Waals surface area contributed by atoms with Crippen molar-refractivity contribution in [3.8, 4) is 11.4 Å². The third-order valence-electron chi connectivity index (χ3n) is 5.78. The Labute approximate surface area is 199 Å². The lowest BCUT2D eigenvalue weighted by Crippen LogP contribution is -2.48. The molecule has 3 aromatic carbocycles. The third-order valence-corrected chi connectivity index (χ3v) is 5.78. The molecular weight excluding hydrogens is 429 g/mol. The number of rotatable bonds is 7. The van der Waals surface area contributed by atoms with E-state index in [9.17, 15) is 9.18 Å². The normalized spacial score (nSPS) is 13.4. The molecule has 1 heterocycles. The zero-order chi connectivity index (χ0) is 24.3. The van der Waals surface area contributed by atoms with Gasteiger partial charge in [-0.1, -0.05) is 51.1 Å². The van der Waals surface area contributed by atoms with Crippen molar-refractivity contribution in [2.45, 2.75) is 46.3 Å². The molecule has 0 aliphatic rings. The number of aromatic nitrogens is 2. The van der Waals surface area contributed by atoms with Gasteiger partial charge in [0.2, 0.25) is 5.91 Å². The van der Waals surface area contributed by atoms with Crippen molar-refractivity contribution in [3.63, 3.8) is 0 Å². The van der Waals surface area contributed by atoms with E-state index < -0.39 is 5.41 Å². The van der Waals surface area contributed by atoms with Crippen LogP contribution in [-0.2, 0) is 11.2 Å². The fourth-order valence-electron chi connectivity index (χ4n) is 3.73. The monoisotopic (exact) mass is 459 g/mol. The number of hydrogen-bond donors (Lipinski definition) is 1. The maximum Gasteiger partial charge on any atom is 0.225 e. The van der Waals surface area contributed by atoms with Crippen LogP contribution >= 0.6 is 0 Å². The zero-order valence-corrected chi connectivity index (χ0v) is 20.0. The summed E-state index contributed by atoms with van der Waals surface area (Å²) in [4.78, 5) is 12.6. The fraction of sp³-hybridized carbons (Fsp3) is 0.286. The van der Waals surface area contributed by atoms with E-state index in [0.717, 1.165) is 22.2 Å². The van der Waals surface area contributed by atoms with Gasteiger partial charge in [0.1, 0.15) is 17.7 Å². The highest BCUT2D eigenvalue weighted by Crippen LogP contribution is 2.25. The van der Waals surface area contributed by atoms with Crippen molar-refractivity contribution in [1.29, 1.82) is 0 Å². The van der Waals surface area contributed by atoms with Crippen molar-refractivity contribution < 1.29 is 13.9 Å². The first-order valence-electron chi connectivity index (χ1n) is 11.5. The summed E-state index contributed by atoms with van der Waals surface area (Å²) in [6, 6.07) is 21.9. The molecule has 5 nitrogen and oxygen atoms in total. The molecule has 0 aliphatic heterocycles.